The van der Waals surface area contributed by atoms with Gasteiger partial charge in [0.15, 0.2) is 0 Å². The first kappa shape index (κ1) is 13.8. The van der Waals surface area contributed by atoms with E-state index in [1.807, 2.05) is 0 Å². The largest absolute Gasteiger partial charge is 0.356 e. The molecule has 0 unspecified atom stereocenters. The lowest BCUT2D eigenvalue weighted by Crippen LogP contribution is -2.29. The van der Waals surface area contributed by atoms with E-state index in [4.69, 9.17) is 0 Å². The highest BCUT2D eigenvalue weighted by Gasteiger charge is 2.09. The summed E-state index contributed by atoms with van der Waals surface area (Å²) in [4.78, 5) is 11.8. The first-order valence-corrected chi connectivity index (χ1v) is 6.23. The van der Waals surface area contributed by atoms with E-state index in [2.05, 4.69) is 52.1 Å². The normalized spacial score (nSPS) is 10.7. The van der Waals surface area contributed by atoms with Crippen molar-refractivity contribution in [3.8, 4) is 0 Å². The maximum absolute atomic E-state index is 11.8. The minimum absolute atomic E-state index is 0.119. The summed E-state index contributed by atoms with van der Waals surface area (Å²) in [7, 11) is 0. The monoisotopic (exact) mass is 233 g/mol. The van der Waals surface area contributed by atoms with Crippen molar-refractivity contribution in [1.82, 2.24) is 5.32 Å². The standard InChI is InChI=1S/C15H23NO/c1-10(2)9-16-15(17)8-14-12(4)6-11(3)7-13(14)5/h6-7,10H,8-9H2,1-5H3,(H,16,17). The van der Waals surface area contributed by atoms with E-state index in [9.17, 15) is 4.79 Å². The number of benzene rings is 1. The highest BCUT2D eigenvalue weighted by atomic mass is 16.1. The summed E-state index contributed by atoms with van der Waals surface area (Å²) in [5, 5.41) is 2.96. The molecular formula is C15H23NO. The number of carbonyl (C=O) groups excluding carboxylic acids is 1. The van der Waals surface area contributed by atoms with Gasteiger partial charge in [0.25, 0.3) is 0 Å². The molecule has 0 saturated heterocycles. The number of hydrogen-bond donors (Lipinski definition) is 1. The Morgan fingerprint density at radius 1 is 1.18 bits per heavy atom. The molecule has 1 aromatic rings. The molecule has 0 bridgehead atoms. The van der Waals surface area contributed by atoms with Crippen LogP contribution in [0.3, 0.4) is 0 Å². The minimum atomic E-state index is 0.119. The Morgan fingerprint density at radius 2 is 1.71 bits per heavy atom. The summed E-state index contributed by atoms with van der Waals surface area (Å²) < 4.78 is 0. The predicted octanol–water partition coefficient (Wildman–Crippen LogP) is 2.93. The van der Waals surface area contributed by atoms with Gasteiger partial charge < -0.3 is 5.32 Å². The lowest BCUT2D eigenvalue weighted by molar-refractivity contribution is -0.120. The van der Waals surface area contributed by atoms with E-state index in [-0.39, 0.29) is 5.91 Å². The molecule has 0 aromatic heterocycles. The Kier molecular flexibility index (Phi) is 4.73. The van der Waals surface area contributed by atoms with Crippen molar-refractivity contribution in [2.45, 2.75) is 41.0 Å². The third kappa shape index (κ3) is 4.22. The molecule has 0 aliphatic heterocycles. The van der Waals surface area contributed by atoms with Gasteiger partial charge in [-0.05, 0) is 43.4 Å². The minimum Gasteiger partial charge on any atom is -0.356 e. The molecule has 0 saturated carbocycles. The summed E-state index contributed by atoms with van der Waals surface area (Å²) in [5.41, 5.74) is 4.84. The Morgan fingerprint density at radius 3 is 2.18 bits per heavy atom. The first-order valence-electron chi connectivity index (χ1n) is 6.23. The summed E-state index contributed by atoms with van der Waals surface area (Å²) in [5.74, 6) is 0.618. The first-order chi connectivity index (χ1) is 7.90. The molecule has 0 fully saturated rings. The van der Waals surface area contributed by atoms with Crippen molar-refractivity contribution in [2.75, 3.05) is 6.54 Å². The quantitative estimate of drug-likeness (QED) is 0.851. The van der Waals surface area contributed by atoms with E-state index in [1.165, 1.54) is 16.7 Å². The summed E-state index contributed by atoms with van der Waals surface area (Å²) in [6.07, 6.45) is 0.491. The van der Waals surface area contributed by atoms with Crippen LogP contribution in [0.25, 0.3) is 0 Å². The molecule has 0 spiro atoms. The van der Waals surface area contributed by atoms with Crippen LogP contribution in [0.2, 0.25) is 0 Å². The highest BCUT2D eigenvalue weighted by Crippen LogP contribution is 2.16. The van der Waals surface area contributed by atoms with Crippen LogP contribution in [0.1, 0.15) is 36.1 Å². The van der Waals surface area contributed by atoms with E-state index >= 15 is 0 Å². The average molecular weight is 233 g/mol. The van der Waals surface area contributed by atoms with Crippen LogP contribution >= 0.6 is 0 Å². The number of rotatable bonds is 4. The van der Waals surface area contributed by atoms with Crippen LogP contribution < -0.4 is 5.32 Å². The summed E-state index contributed by atoms with van der Waals surface area (Å²) >= 11 is 0. The van der Waals surface area contributed by atoms with Crippen molar-refractivity contribution < 1.29 is 4.79 Å². The van der Waals surface area contributed by atoms with Gasteiger partial charge >= 0.3 is 0 Å². The molecule has 0 heterocycles. The van der Waals surface area contributed by atoms with Crippen molar-refractivity contribution >= 4 is 5.91 Å². The van der Waals surface area contributed by atoms with Gasteiger partial charge in [-0.1, -0.05) is 31.5 Å². The molecule has 0 radical (unpaired) electrons. The van der Waals surface area contributed by atoms with Gasteiger partial charge in [-0.15, -0.1) is 0 Å². The zero-order valence-electron chi connectivity index (χ0n) is 11.6. The van der Waals surface area contributed by atoms with Crippen LogP contribution in [0, 0.1) is 26.7 Å². The van der Waals surface area contributed by atoms with Gasteiger partial charge in [0.1, 0.15) is 0 Å². The molecule has 1 aromatic carbocycles. The van der Waals surface area contributed by atoms with E-state index in [0.717, 1.165) is 12.1 Å². The fourth-order valence-corrected chi connectivity index (χ4v) is 2.03. The molecule has 94 valence electrons. The van der Waals surface area contributed by atoms with Gasteiger partial charge in [0.2, 0.25) is 5.91 Å². The van der Waals surface area contributed by atoms with E-state index in [1.54, 1.807) is 0 Å². The second kappa shape index (κ2) is 5.85. The molecule has 0 aliphatic carbocycles. The smallest absolute Gasteiger partial charge is 0.224 e. The number of hydrogen-bond acceptors (Lipinski definition) is 1. The zero-order chi connectivity index (χ0) is 13.0. The maximum Gasteiger partial charge on any atom is 0.224 e. The van der Waals surface area contributed by atoms with Crippen molar-refractivity contribution in [3.05, 3.63) is 34.4 Å². The van der Waals surface area contributed by atoms with Crippen LogP contribution in [-0.4, -0.2) is 12.5 Å². The predicted molar refractivity (Wildman–Crippen MR) is 72.2 cm³/mol. The topological polar surface area (TPSA) is 29.1 Å². The Balaban J connectivity index is 2.72. The molecule has 1 N–H and O–H groups in total. The summed E-state index contributed by atoms with van der Waals surface area (Å²) in [6, 6.07) is 4.27. The van der Waals surface area contributed by atoms with Gasteiger partial charge in [0, 0.05) is 6.54 Å². The fourth-order valence-electron chi connectivity index (χ4n) is 2.03. The molecule has 1 amide bonds. The van der Waals surface area contributed by atoms with Crippen LogP contribution in [-0.2, 0) is 11.2 Å². The van der Waals surface area contributed by atoms with Gasteiger partial charge in [-0.3, -0.25) is 4.79 Å². The summed E-state index contributed by atoms with van der Waals surface area (Å²) in [6.45, 7) is 11.2. The van der Waals surface area contributed by atoms with Crippen molar-refractivity contribution in [2.24, 2.45) is 5.92 Å². The zero-order valence-corrected chi connectivity index (χ0v) is 11.6. The van der Waals surface area contributed by atoms with Gasteiger partial charge in [0.05, 0.1) is 6.42 Å². The van der Waals surface area contributed by atoms with Crippen molar-refractivity contribution in [3.63, 3.8) is 0 Å². The highest BCUT2D eigenvalue weighted by molar-refractivity contribution is 5.79. The average Bonchev–Trinajstić information content (AvgIpc) is 2.20. The number of amides is 1. The molecule has 17 heavy (non-hydrogen) atoms. The molecule has 2 nitrogen and oxygen atoms in total. The lowest BCUT2D eigenvalue weighted by Gasteiger charge is -2.12. The van der Waals surface area contributed by atoms with E-state index < -0.39 is 0 Å². The van der Waals surface area contributed by atoms with Gasteiger partial charge in [-0.25, -0.2) is 0 Å². The molecule has 0 aliphatic rings. The number of carbonyl (C=O) groups is 1. The number of nitrogens with one attached hydrogen (secondary N) is 1. The Labute approximate surface area is 104 Å². The third-order valence-corrected chi connectivity index (χ3v) is 2.89. The second-order valence-corrected chi connectivity index (χ2v) is 5.25. The molecular weight excluding hydrogens is 210 g/mol. The van der Waals surface area contributed by atoms with Crippen molar-refractivity contribution in [1.29, 1.82) is 0 Å². The van der Waals surface area contributed by atoms with Crippen LogP contribution in [0.15, 0.2) is 12.1 Å². The third-order valence-electron chi connectivity index (χ3n) is 2.89. The Hall–Kier alpha value is -1.31. The molecule has 2 heteroatoms. The molecule has 0 atom stereocenters. The van der Waals surface area contributed by atoms with Crippen LogP contribution in [0.4, 0.5) is 0 Å². The lowest BCUT2D eigenvalue weighted by atomic mass is 9.97. The second-order valence-electron chi connectivity index (χ2n) is 5.25. The SMILES string of the molecule is Cc1cc(C)c(CC(=O)NCC(C)C)c(C)c1. The Bertz CT molecular complexity index is 384. The van der Waals surface area contributed by atoms with Crippen LogP contribution in [0.5, 0.6) is 0 Å². The van der Waals surface area contributed by atoms with Gasteiger partial charge in [-0.2, -0.15) is 0 Å². The fraction of sp³-hybridized carbons (Fsp3) is 0.533. The molecule has 1 rings (SSSR count). The van der Waals surface area contributed by atoms with E-state index in [0.29, 0.717) is 12.3 Å². The number of aryl methyl sites for hydroxylation is 3. The maximum atomic E-state index is 11.8.